The summed E-state index contributed by atoms with van der Waals surface area (Å²) in [6.07, 6.45) is 2.78. The fourth-order valence-electron chi connectivity index (χ4n) is 1.57. The summed E-state index contributed by atoms with van der Waals surface area (Å²) >= 11 is 0. The average Bonchev–Trinajstić information content (AvgIpc) is 2.36. The van der Waals surface area contributed by atoms with E-state index in [1.807, 2.05) is 0 Å². The molecule has 2 N–H and O–H groups in total. The molecule has 2 atom stereocenters. The molecule has 1 aliphatic carbocycles. The van der Waals surface area contributed by atoms with Gasteiger partial charge in [0.05, 0.1) is 0 Å². The van der Waals surface area contributed by atoms with Gasteiger partial charge in [-0.15, -0.1) is 0 Å². The van der Waals surface area contributed by atoms with Gasteiger partial charge >= 0.3 is 0 Å². The van der Waals surface area contributed by atoms with Crippen molar-refractivity contribution < 1.29 is 9.53 Å². The number of ketones is 1. The first-order chi connectivity index (χ1) is 5.24. The number of carbonyl (C=O) groups is 1. The van der Waals surface area contributed by atoms with E-state index < -0.39 is 0 Å². The fraction of sp³-hybridized carbons (Fsp3) is 0.875. The highest BCUT2D eigenvalue weighted by molar-refractivity contribution is 5.82. The van der Waals surface area contributed by atoms with Crippen LogP contribution in [-0.4, -0.2) is 25.5 Å². The van der Waals surface area contributed by atoms with Crippen LogP contribution in [0.4, 0.5) is 0 Å². The topological polar surface area (TPSA) is 52.3 Å². The Kier molecular flexibility index (Phi) is 3.02. The van der Waals surface area contributed by atoms with Gasteiger partial charge in [0.15, 0.2) is 5.78 Å². The molecule has 1 fully saturated rings. The van der Waals surface area contributed by atoms with E-state index in [2.05, 4.69) is 0 Å². The van der Waals surface area contributed by atoms with Crippen molar-refractivity contribution in [3.63, 3.8) is 0 Å². The smallest absolute Gasteiger partial charge is 0.161 e. The summed E-state index contributed by atoms with van der Waals surface area (Å²) in [5.41, 5.74) is 5.67. The van der Waals surface area contributed by atoms with Gasteiger partial charge in [0.25, 0.3) is 0 Å². The van der Waals surface area contributed by atoms with Crippen molar-refractivity contribution >= 4 is 5.78 Å². The van der Waals surface area contributed by atoms with Crippen molar-refractivity contribution in [1.82, 2.24) is 0 Å². The predicted octanol–water partition coefficient (Wildman–Crippen LogP) is 0.329. The summed E-state index contributed by atoms with van der Waals surface area (Å²) in [5, 5.41) is 0. The maximum atomic E-state index is 11.2. The molecular formula is C8H15NO2. The summed E-state index contributed by atoms with van der Waals surface area (Å²) in [4.78, 5) is 11.2. The van der Waals surface area contributed by atoms with E-state index in [4.69, 9.17) is 10.5 Å². The van der Waals surface area contributed by atoms with Crippen molar-refractivity contribution in [3.8, 4) is 0 Å². The van der Waals surface area contributed by atoms with Crippen LogP contribution < -0.4 is 5.73 Å². The van der Waals surface area contributed by atoms with Gasteiger partial charge < -0.3 is 10.5 Å². The number of methoxy groups -OCH3 is 1. The van der Waals surface area contributed by atoms with Crippen LogP contribution in [0.3, 0.4) is 0 Å². The molecule has 0 bridgehead atoms. The van der Waals surface area contributed by atoms with Crippen molar-refractivity contribution in [1.29, 1.82) is 0 Å². The van der Waals surface area contributed by atoms with Crippen LogP contribution in [-0.2, 0) is 9.53 Å². The van der Waals surface area contributed by atoms with E-state index in [9.17, 15) is 4.79 Å². The number of nitrogens with two attached hydrogens (primary N) is 1. The molecule has 3 heteroatoms. The Hall–Kier alpha value is -0.410. The second kappa shape index (κ2) is 3.83. The molecule has 64 valence electrons. The van der Waals surface area contributed by atoms with E-state index in [1.165, 1.54) is 0 Å². The highest BCUT2D eigenvalue weighted by Crippen LogP contribution is 2.24. The van der Waals surface area contributed by atoms with E-state index in [-0.39, 0.29) is 24.3 Å². The Morgan fingerprint density at radius 1 is 1.64 bits per heavy atom. The number of hydrogen-bond donors (Lipinski definition) is 1. The first-order valence-corrected chi connectivity index (χ1v) is 4.01. The van der Waals surface area contributed by atoms with Gasteiger partial charge in [-0.05, 0) is 19.3 Å². The van der Waals surface area contributed by atoms with Crippen LogP contribution in [0.1, 0.15) is 19.3 Å². The highest BCUT2D eigenvalue weighted by atomic mass is 16.5. The quantitative estimate of drug-likeness (QED) is 0.642. The number of rotatable bonds is 3. The third-order valence-electron chi connectivity index (χ3n) is 2.22. The zero-order valence-electron chi connectivity index (χ0n) is 6.88. The number of hydrogen-bond acceptors (Lipinski definition) is 3. The molecule has 11 heavy (non-hydrogen) atoms. The van der Waals surface area contributed by atoms with Crippen LogP contribution in [0.5, 0.6) is 0 Å². The van der Waals surface area contributed by atoms with Gasteiger partial charge in [-0.25, -0.2) is 0 Å². The Labute approximate surface area is 66.9 Å². The molecule has 1 rings (SSSR count). The lowest BCUT2D eigenvalue weighted by Gasteiger charge is -2.06. The minimum absolute atomic E-state index is 0.171. The Bertz CT molecular complexity index is 147. The van der Waals surface area contributed by atoms with E-state index >= 15 is 0 Å². The Balaban J connectivity index is 2.31. The second-order valence-electron chi connectivity index (χ2n) is 3.17. The molecule has 0 radical (unpaired) electrons. The molecule has 0 aromatic heterocycles. The molecule has 0 spiro atoms. The molecular weight excluding hydrogens is 142 g/mol. The van der Waals surface area contributed by atoms with E-state index in [1.54, 1.807) is 7.11 Å². The summed E-state index contributed by atoms with van der Waals surface area (Å²) in [5.74, 6) is 0.380. The minimum Gasteiger partial charge on any atom is -0.377 e. The van der Waals surface area contributed by atoms with Gasteiger partial charge in [-0.2, -0.15) is 0 Å². The van der Waals surface area contributed by atoms with Crippen LogP contribution in [0.15, 0.2) is 0 Å². The van der Waals surface area contributed by atoms with Crippen molar-refractivity contribution in [3.05, 3.63) is 0 Å². The molecule has 0 aromatic rings. The zero-order valence-corrected chi connectivity index (χ0v) is 6.88. The minimum atomic E-state index is 0.171. The largest absolute Gasteiger partial charge is 0.377 e. The van der Waals surface area contributed by atoms with E-state index in [0.717, 1.165) is 19.3 Å². The van der Waals surface area contributed by atoms with Crippen molar-refractivity contribution in [2.75, 3.05) is 13.7 Å². The first-order valence-electron chi connectivity index (χ1n) is 4.01. The number of ether oxygens (including phenoxy) is 1. The monoisotopic (exact) mass is 157 g/mol. The third kappa shape index (κ3) is 2.27. The van der Waals surface area contributed by atoms with Gasteiger partial charge in [-0.3, -0.25) is 4.79 Å². The number of Topliss-reactive ketones (excluding diaryl/α,β-unsaturated/α-hetero) is 1. The van der Waals surface area contributed by atoms with E-state index in [0.29, 0.717) is 0 Å². The molecule has 0 saturated heterocycles. The molecule has 0 heterocycles. The Morgan fingerprint density at radius 2 is 2.36 bits per heavy atom. The summed E-state index contributed by atoms with van der Waals surface area (Å²) < 4.78 is 4.76. The lowest BCUT2D eigenvalue weighted by atomic mass is 10.0. The van der Waals surface area contributed by atoms with Gasteiger partial charge in [0, 0.05) is 19.1 Å². The molecule has 2 unspecified atom stereocenters. The predicted molar refractivity (Wildman–Crippen MR) is 42.2 cm³/mol. The lowest BCUT2D eigenvalue weighted by Crippen LogP contribution is -2.20. The summed E-state index contributed by atoms with van der Waals surface area (Å²) in [6.45, 7) is 0.247. The fourth-order valence-corrected chi connectivity index (χ4v) is 1.57. The van der Waals surface area contributed by atoms with Crippen molar-refractivity contribution in [2.24, 2.45) is 11.7 Å². The molecule has 1 saturated carbocycles. The number of carbonyl (C=O) groups excluding carboxylic acids is 1. The zero-order chi connectivity index (χ0) is 8.27. The molecule has 0 amide bonds. The SMILES string of the molecule is COCC(=O)C1CCC(N)C1. The van der Waals surface area contributed by atoms with Crippen LogP contribution >= 0.6 is 0 Å². The first kappa shape index (κ1) is 8.68. The van der Waals surface area contributed by atoms with Gasteiger partial charge in [0.2, 0.25) is 0 Å². The van der Waals surface area contributed by atoms with Crippen LogP contribution in [0, 0.1) is 5.92 Å². The standard InChI is InChI=1S/C8H15NO2/c1-11-5-8(10)6-2-3-7(9)4-6/h6-7H,2-5,9H2,1H3. The lowest BCUT2D eigenvalue weighted by molar-refractivity contribution is -0.126. The molecule has 0 aliphatic heterocycles. The molecule has 3 nitrogen and oxygen atoms in total. The highest BCUT2D eigenvalue weighted by Gasteiger charge is 2.26. The maximum Gasteiger partial charge on any atom is 0.161 e. The normalized spacial score (nSPS) is 30.7. The Morgan fingerprint density at radius 3 is 2.82 bits per heavy atom. The van der Waals surface area contributed by atoms with Crippen LogP contribution in [0.2, 0.25) is 0 Å². The van der Waals surface area contributed by atoms with Crippen LogP contribution in [0.25, 0.3) is 0 Å². The van der Waals surface area contributed by atoms with Crippen molar-refractivity contribution in [2.45, 2.75) is 25.3 Å². The second-order valence-corrected chi connectivity index (χ2v) is 3.17. The third-order valence-corrected chi connectivity index (χ3v) is 2.22. The summed E-state index contributed by atoms with van der Waals surface area (Å²) in [6, 6.07) is 0.237. The molecule has 1 aliphatic rings. The van der Waals surface area contributed by atoms with Gasteiger partial charge in [-0.1, -0.05) is 0 Å². The summed E-state index contributed by atoms with van der Waals surface area (Å²) in [7, 11) is 1.55. The molecule has 0 aromatic carbocycles. The average molecular weight is 157 g/mol. The van der Waals surface area contributed by atoms with Gasteiger partial charge in [0.1, 0.15) is 6.61 Å². The maximum absolute atomic E-state index is 11.2.